The molecule has 1 N–H and O–H groups in total. The van der Waals surface area contributed by atoms with Gasteiger partial charge < -0.3 is 5.32 Å². The first-order valence-electron chi connectivity index (χ1n) is 4.93. The van der Waals surface area contributed by atoms with Crippen molar-refractivity contribution < 1.29 is 4.79 Å². The Hall–Kier alpha value is -2.07. The summed E-state index contributed by atoms with van der Waals surface area (Å²) in [7, 11) is 0. The highest BCUT2D eigenvalue weighted by molar-refractivity contribution is 6.31. The number of amides is 1. The van der Waals surface area contributed by atoms with Crippen molar-refractivity contribution in [1.82, 2.24) is 9.78 Å². The minimum Gasteiger partial charge on any atom is -0.321 e. The molecule has 1 amide bonds. The molecular formula is C12H10ClN3O. The van der Waals surface area contributed by atoms with Crippen molar-refractivity contribution in [2.75, 3.05) is 5.32 Å². The van der Waals surface area contributed by atoms with E-state index in [4.69, 9.17) is 11.6 Å². The van der Waals surface area contributed by atoms with E-state index in [0.717, 1.165) is 5.69 Å². The molecule has 1 aromatic heterocycles. The number of carbonyl (C=O) groups is 1. The average molecular weight is 248 g/mol. The van der Waals surface area contributed by atoms with E-state index in [1.165, 1.54) is 6.08 Å². The zero-order valence-corrected chi connectivity index (χ0v) is 9.69. The maximum atomic E-state index is 11.3. The molecule has 0 saturated heterocycles. The summed E-state index contributed by atoms with van der Waals surface area (Å²) in [5.41, 5.74) is 1.33. The van der Waals surface area contributed by atoms with Crippen LogP contribution in [-0.2, 0) is 4.79 Å². The summed E-state index contributed by atoms with van der Waals surface area (Å²) < 4.78 is 1.65. The molecule has 0 spiro atoms. The van der Waals surface area contributed by atoms with Crippen LogP contribution in [0.15, 0.2) is 49.3 Å². The van der Waals surface area contributed by atoms with Gasteiger partial charge in [-0.2, -0.15) is 5.10 Å². The second-order valence-corrected chi connectivity index (χ2v) is 3.74. The lowest BCUT2D eigenvalue weighted by Gasteiger charge is -2.10. The molecule has 17 heavy (non-hydrogen) atoms. The van der Waals surface area contributed by atoms with Gasteiger partial charge in [0.1, 0.15) is 0 Å². The molecule has 0 radical (unpaired) electrons. The third kappa shape index (κ3) is 2.54. The second kappa shape index (κ2) is 4.84. The van der Waals surface area contributed by atoms with Crippen LogP contribution < -0.4 is 5.32 Å². The SMILES string of the molecule is C=CC(=O)Nc1cc(Cl)ccc1-n1cccn1. The maximum Gasteiger partial charge on any atom is 0.247 e. The molecular weight excluding hydrogens is 238 g/mol. The lowest BCUT2D eigenvalue weighted by Crippen LogP contribution is -2.10. The smallest absolute Gasteiger partial charge is 0.247 e. The molecule has 1 heterocycles. The fraction of sp³-hybridized carbons (Fsp3) is 0. The molecule has 0 unspecified atom stereocenters. The fourth-order valence-electron chi connectivity index (χ4n) is 1.40. The van der Waals surface area contributed by atoms with Crippen molar-refractivity contribution in [2.24, 2.45) is 0 Å². The van der Waals surface area contributed by atoms with Crippen molar-refractivity contribution in [2.45, 2.75) is 0 Å². The number of hydrogen-bond acceptors (Lipinski definition) is 2. The Morgan fingerprint density at radius 1 is 1.53 bits per heavy atom. The predicted molar refractivity (Wildman–Crippen MR) is 67.4 cm³/mol. The summed E-state index contributed by atoms with van der Waals surface area (Å²) in [6.07, 6.45) is 4.65. The Kier molecular flexibility index (Phi) is 3.25. The topological polar surface area (TPSA) is 46.9 Å². The van der Waals surface area contributed by atoms with Gasteiger partial charge in [0.05, 0.1) is 11.4 Å². The quantitative estimate of drug-likeness (QED) is 0.848. The average Bonchev–Trinajstić information content (AvgIpc) is 2.82. The highest BCUT2D eigenvalue weighted by Gasteiger charge is 2.07. The van der Waals surface area contributed by atoms with Crippen LogP contribution in [0.4, 0.5) is 5.69 Å². The highest BCUT2D eigenvalue weighted by atomic mass is 35.5. The number of halogens is 1. The van der Waals surface area contributed by atoms with Gasteiger partial charge >= 0.3 is 0 Å². The molecule has 0 aliphatic carbocycles. The van der Waals surface area contributed by atoms with E-state index < -0.39 is 0 Å². The number of hydrogen-bond donors (Lipinski definition) is 1. The van der Waals surface area contributed by atoms with Crippen LogP contribution in [0.3, 0.4) is 0 Å². The molecule has 5 heteroatoms. The minimum absolute atomic E-state index is 0.291. The van der Waals surface area contributed by atoms with E-state index in [9.17, 15) is 4.79 Å². The van der Waals surface area contributed by atoms with Crippen molar-refractivity contribution >= 4 is 23.2 Å². The first kappa shape index (κ1) is 11.4. The van der Waals surface area contributed by atoms with Gasteiger partial charge in [-0.05, 0) is 30.3 Å². The number of anilines is 1. The van der Waals surface area contributed by atoms with Crippen molar-refractivity contribution in [3.63, 3.8) is 0 Å². The molecule has 0 aliphatic rings. The lowest BCUT2D eigenvalue weighted by molar-refractivity contribution is -0.111. The van der Waals surface area contributed by atoms with E-state index in [1.54, 1.807) is 41.3 Å². The molecule has 1 aromatic carbocycles. The highest BCUT2D eigenvalue weighted by Crippen LogP contribution is 2.24. The van der Waals surface area contributed by atoms with E-state index in [1.807, 2.05) is 0 Å². The van der Waals surface area contributed by atoms with Gasteiger partial charge in [0.15, 0.2) is 0 Å². The Morgan fingerprint density at radius 2 is 2.35 bits per heavy atom. The summed E-state index contributed by atoms with van der Waals surface area (Å²) in [6, 6.07) is 6.99. The van der Waals surface area contributed by atoms with Gasteiger partial charge in [0.2, 0.25) is 5.91 Å². The van der Waals surface area contributed by atoms with Crippen LogP contribution in [0.2, 0.25) is 5.02 Å². The van der Waals surface area contributed by atoms with Crippen LogP contribution in [-0.4, -0.2) is 15.7 Å². The number of nitrogens with zero attached hydrogens (tertiary/aromatic N) is 2. The maximum absolute atomic E-state index is 11.3. The Bertz CT molecular complexity index is 549. The van der Waals surface area contributed by atoms with E-state index in [2.05, 4.69) is 17.0 Å². The van der Waals surface area contributed by atoms with Gasteiger partial charge in [-0.15, -0.1) is 0 Å². The minimum atomic E-state index is -0.291. The Balaban J connectivity index is 2.44. The summed E-state index contributed by atoms with van der Waals surface area (Å²) in [6.45, 7) is 3.40. The normalized spacial score (nSPS) is 9.94. The zero-order chi connectivity index (χ0) is 12.3. The van der Waals surface area contributed by atoms with Gasteiger partial charge in [0, 0.05) is 17.4 Å². The van der Waals surface area contributed by atoms with Crippen molar-refractivity contribution in [3.05, 3.63) is 54.3 Å². The lowest BCUT2D eigenvalue weighted by atomic mass is 10.2. The summed E-state index contributed by atoms with van der Waals surface area (Å²) in [5, 5.41) is 7.34. The van der Waals surface area contributed by atoms with Gasteiger partial charge in [0.25, 0.3) is 0 Å². The van der Waals surface area contributed by atoms with E-state index >= 15 is 0 Å². The van der Waals surface area contributed by atoms with E-state index in [0.29, 0.717) is 10.7 Å². The van der Waals surface area contributed by atoms with Crippen LogP contribution in [0.5, 0.6) is 0 Å². The van der Waals surface area contributed by atoms with Crippen LogP contribution in [0.25, 0.3) is 5.69 Å². The molecule has 86 valence electrons. The molecule has 0 saturated carbocycles. The fourth-order valence-corrected chi connectivity index (χ4v) is 1.58. The van der Waals surface area contributed by atoms with Crippen LogP contribution in [0, 0.1) is 0 Å². The molecule has 0 aliphatic heterocycles. The largest absolute Gasteiger partial charge is 0.321 e. The van der Waals surface area contributed by atoms with E-state index in [-0.39, 0.29) is 5.91 Å². The molecule has 0 fully saturated rings. The molecule has 2 aromatic rings. The van der Waals surface area contributed by atoms with Crippen LogP contribution in [0.1, 0.15) is 0 Å². The van der Waals surface area contributed by atoms with Crippen LogP contribution >= 0.6 is 11.6 Å². The number of benzene rings is 1. The molecule has 0 atom stereocenters. The number of rotatable bonds is 3. The van der Waals surface area contributed by atoms with Gasteiger partial charge in [-0.25, -0.2) is 4.68 Å². The number of nitrogens with one attached hydrogen (secondary N) is 1. The molecule has 0 bridgehead atoms. The van der Waals surface area contributed by atoms with Crippen molar-refractivity contribution in [1.29, 1.82) is 0 Å². The molecule has 4 nitrogen and oxygen atoms in total. The third-order valence-corrected chi connectivity index (χ3v) is 2.39. The third-order valence-electron chi connectivity index (χ3n) is 2.15. The first-order chi connectivity index (χ1) is 8.20. The Labute approximate surface area is 104 Å². The molecule has 2 rings (SSSR count). The summed E-state index contributed by atoms with van der Waals surface area (Å²) in [4.78, 5) is 11.3. The predicted octanol–water partition coefficient (Wildman–Crippen LogP) is 2.65. The summed E-state index contributed by atoms with van der Waals surface area (Å²) in [5.74, 6) is -0.291. The van der Waals surface area contributed by atoms with Gasteiger partial charge in [-0.1, -0.05) is 18.2 Å². The zero-order valence-electron chi connectivity index (χ0n) is 8.93. The van der Waals surface area contributed by atoms with Gasteiger partial charge in [-0.3, -0.25) is 4.79 Å². The first-order valence-corrected chi connectivity index (χ1v) is 5.31. The number of aromatic nitrogens is 2. The monoisotopic (exact) mass is 247 g/mol. The second-order valence-electron chi connectivity index (χ2n) is 3.31. The number of carbonyl (C=O) groups excluding carboxylic acids is 1. The Morgan fingerprint density at radius 3 is 3.00 bits per heavy atom. The summed E-state index contributed by atoms with van der Waals surface area (Å²) >= 11 is 5.90. The van der Waals surface area contributed by atoms with Crippen molar-refractivity contribution in [3.8, 4) is 5.69 Å². The standard InChI is InChI=1S/C12H10ClN3O/c1-2-12(17)15-10-8-9(13)4-5-11(10)16-7-3-6-14-16/h2-8H,1H2,(H,15,17).